The Morgan fingerprint density at radius 2 is 1.84 bits per heavy atom. The quantitative estimate of drug-likeness (QED) is 0.175. The van der Waals surface area contributed by atoms with Crippen LogP contribution in [0.1, 0.15) is 28.9 Å². The summed E-state index contributed by atoms with van der Waals surface area (Å²) in [5.74, 6) is -1.25. The molecule has 0 bridgehead atoms. The molecule has 0 aliphatic heterocycles. The van der Waals surface area contributed by atoms with Gasteiger partial charge in [0.05, 0.1) is 5.69 Å². The maximum Gasteiger partial charge on any atom is 0.274 e. The van der Waals surface area contributed by atoms with Gasteiger partial charge in [0.15, 0.2) is 11.7 Å². The molecule has 0 spiro atoms. The lowest BCUT2D eigenvalue weighted by atomic mass is 10.0. The van der Waals surface area contributed by atoms with Crippen LogP contribution in [0.25, 0.3) is 10.8 Å². The number of carbonyl (C=O) groups is 2. The van der Waals surface area contributed by atoms with Crippen molar-refractivity contribution in [3.63, 3.8) is 0 Å². The van der Waals surface area contributed by atoms with Crippen LogP contribution in [0.4, 0.5) is 5.69 Å². The third-order valence-electron chi connectivity index (χ3n) is 5.09. The smallest absolute Gasteiger partial charge is 0.274 e. The van der Waals surface area contributed by atoms with E-state index in [1.807, 2.05) is 18.2 Å². The molecule has 0 saturated carbocycles. The number of anilines is 1. The van der Waals surface area contributed by atoms with Crippen molar-refractivity contribution >= 4 is 34.2 Å². The SMILES string of the molecule is NC(=O)[C@H](CCCN=C(N)N)NC(=O)c1nn(CCc2cccc3ccccc23)cc1N. The van der Waals surface area contributed by atoms with Gasteiger partial charge in [-0.3, -0.25) is 19.3 Å². The number of nitrogen functional groups attached to an aromatic ring is 1. The van der Waals surface area contributed by atoms with Gasteiger partial charge in [-0.05, 0) is 35.6 Å². The van der Waals surface area contributed by atoms with Crippen LogP contribution in [-0.4, -0.2) is 40.1 Å². The summed E-state index contributed by atoms with van der Waals surface area (Å²) in [6.45, 7) is 0.871. The third-order valence-corrected chi connectivity index (χ3v) is 5.09. The number of benzene rings is 2. The van der Waals surface area contributed by atoms with Crippen molar-refractivity contribution in [2.45, 2.75) is 31.8 Å². The number of guanidine groups is 1. The van der Waals surface area contributed by atoms with Crippen LogP contribution in [0.5, 0.6) is 0 Å². The molecule has 0 aliphatic rings. The number of aliphatic imine (C=N–C) groups is 1. The molecular weight excluding hydrogens is 408 g/mol. The third kappa shape index (κ3) is 5.75. The van der Waals surface area contributed by atoms with Gasteiger partial charge >= 0.3 is 0 Å². The summed E-state index contributed by atoms with van der Waals surface area (Å²) >= 11 is 0. The number of nitrogens with two attached hydrogens (primary N) is 4. The molecular formula is C22H28N8O2. The van der Waals surface area contributed by atoms with Crippen molar-refractivity contribution in [1.82, 2.24) is 15.1 Å². The van der Waals surface area contributed by atoms with Crippen LogP contribution in [-0.2, 0) is 17.8 Å². The Morgan fingerprint density at radius 1 is 1.09 bits per heavy atom. The summed E-state index contributed by atoms with van der Waals surface area (Å²) in [6.07, 6.45) is 3.09. The summed E-state index contributed by atoms with van der Waals surface area (Å²) in [5.41, 5.74) is 23.4. The second-order valence-electron chi connectivity index (χ2n) is 7.46. The van der Waals surface area contributed by atoms with Gasteiger partial charge in [-0.15, -0.1) is 0 Å². The van der Waals surface area contributed by atoms with E-state index in [1.165, 1.54) is 16.3 Å². The average molecular weight is 437 g/mol. The van der Waals surface area contributed by atoms with E-state index in [4.69, 9.17) is 22.9 Å². The van der Waals surface area contributed by atoms with Crippen molar-refractivity contribution in [2.75, 3.05) is 12.3 Å². The number of primary amides is 1. The summed E-state index contributed by atoms with van der Waals surface area (Å²) in [7, 11) is 0. The van der Waals surface area contributed by atoms with Gasteiger partial charge in [0.25, 0.3) is 5.91 Å². The molecule has 10 nitrogen and oxygen atoms in total. The van der Waals surface area contributed by atoms with Crippen LogP contribution < -0.4 is 28.3 Å². The molecule has 1 atom stereocenters. The van der Waals surface area contributed by atoms with Crippen molar-refractivity contribution in [1.29, 1.82) is 0 Å². The van der Waals surface area contributed by atoms with Gasteiger partial charge in [-0.2, -0.15) is 5.10 Å². The Kier molecular flexibility index (Phi) is 7.27. The van der Waals surface area contributed by atoms with E-state index in [2.05, 4.69) is 39.7 Å². The Labute approximate surface area is 185 Å². The molecule has 1 aromatic heterocycles. The highest BCUT2D eigenvalue weighted by Gasteiger charge is 2.22. The predicted octanol–water partition coefficient (Wildman–Crippen LogP) is 0.499. The lowest BCUT2D eigenvalue weighted by molar-refractivity contribution is -0.120. The number of amides is 2. The van der Waals surface area contributed by atoms with Gasteiger partial charge in [-0.1, -0.05) is 42.5 Å². The fourth-order valence-electron chi connectivity index (χ4n) is 3.49. The number of rotatable bonds is 10. The summed E-state index contributed by atoms with van der Waals surface area (Å²) in [6, 6.07) is 13.4. The average Bonchev–Trinajstić information content (AvgIpc) is 3.14. The fourth-order valence-corrected chi connectivity index (χ4v) is 3.49. The number of nitrogens with zero attached hydrogens (tertiary/aromatic N) is 3. The molecule has 0 radical (unpaired) electrons. The molecule has 1 heterocycles. The topological polar surface area (TPSA) is 180 Å². The van der Waals surface area contributed by atoms with Gasteiger partial charge in [0, 0.05) is 19.3 Å². The number of aromatic nitrogens is 2. The van der Waals surface area contributed by atoms with Gasteiger partial charge < -0.3 is 28.3 Å². The van der Waals surface area contributed by atoms with Crippen molar-refractivity contribution < 1.29 is 9.59 Å². The first-order valence-corrected chi connectivity index (χ1v) is 10.3. The number of nitrogens with one attached hydrogen (secondary N) is 1. The van der Waals surface area contributed by atoms with Crippen LogP contribution in [0, 0.1) is 0 Å². The molecule has 9 N–H and O–H groups in total. The van der Waals surface area contributed by atoms with Gasteiger partial charge in [-0.25, -0.2) is 0 Å². The highest BCUT2D eigenvalue weighted by molar-refractivity contribution is 5.99. The normalized spacial score (nSPS) is 11.8. The number of aryl methyl sites for hydroxylation is 2. The van der Waals surface area contributed by atoms with Crippen molar-refractivity contribution in [2.24, 2.45) is 22.2 Å². The zero-order valence-corrected chi connectivity index (χ0v) is 17.7. The predicted molar refractivity (Wildman–Crippen MR) is 125 cm³/mol. The maximum absolute atomic E-state index is 12.6. The van der Waals surface area contributed by atoms with Crippen LogP contribution in [0.2, 0.25) is 0 Å². The molecule has 0 unspecified atom stereocenters. The maximum atomic E-state index is 12.6. The lowest BCUT2D eigenvalue weighted by Gasteiger charge is -2.14. The minimum absolute atomic E-state index is 0.0357. The first-order chi connectivity index (χ1) is 15.3. The molecule has 32 heavy (non-hydrogen) atoms. The van der Waals surface area contributed by atoms with E-state index in [-0.39, 0.29) is 17.3 Å². The molecule has 0 aliphatic carbocycles. The molecule has 10 heteroatoms. The summed E-state index contributed by atoms with van der Waals surface area (Å²) < 4.78 is 1.63. The zero-order valence-electron chi connectivity index (χ0n) is 17.7. The minimum Gasteiger partial charge on any atom is -0.396 e. The van der Waals surface area contributed by atoms with E-state index >= 15 is 0 Å². The molecule has 0 fully saturated rings. The Hall–Kier alpha value is -4.08. The second kappa shape index (κ2) is 10.3. The van der Waals surface area contributed by atoms with E-state index in [0.717, 1.165) is 6.42 Å². The Bertz CT molecular complexity index is 1130. The van der Waals surface area contributed by atoms with E-state index in [9.17, 15) is 9.59 Å². The highest BCUT2D eigenvalue weighted by atomic mass is 16.2. The molecule has 3 rings (SSSR count). The van der Waals surface area contributed by atoms with E-state index in [1.54, 1.807) is 10.9 Å². The Balaban J connectivity index is 1.64. The fraction of sp³-hybridized carbons (Fsp3) is 0.273. The largest absolute Gasteiger partial charge is 0.396 e. The van der Waals surface area contributed by atoms with E-state index in [0.29, 0.717) is 25.9 Å². The first kappa shape index (κ1) is 22.6. The van der Waals surface area contributed by atoms with Gasteiger partial charge in [0.2, 0.25) is 5.91 Å². The van der Waals surface area contributed by atoms with Gasteiger partial charge in [0.1, 0.15) is 6.04 Å². The summed E-state index contributed by atoms with van der Waals surface area (Å²) in [4.78, 5) is 28.2. The second-order valence-corrected chi connectivity index (χ2v) is 7.46. The molecule has 2 aromatic carbocycles. The highest BCUT2D eigenvalue weighted by Crippen LogP contribution is 2.19. The van der Waals surface area contributed by atoms with Crippen LogP contribution >= 0.6 is 0 Å². The number of hydrogen-bond donors (Lipinski definition) is 5. The lowest BCUT2D eigenvalue weighted by Crippen LogP contribution is -2.44. The molecule has 0 saturated heterocycles. The summed E-state index contributed by atoms with van der Waals surface area (Å²) in [5, 5.41) is 9.25. The Morgan fingerprint density at radius 3 is 2.59 bits per heavy atom. The van der Waals surface area contributed by atoms with Crippen molar-refractivity contribution in [3.8, 4) is 0 Å². The van der Waals surface area contributed by atoms with Crippen LogP contribution in [0.15, 0.2) is 53.7 Å². The van der Waals surface area contributed by atoms with Crippen molar-refractivity contribution in [3.05, 3.63) is 59.9 Å². The number of carbonyl (C=O) groups excluding carboxylic acids is 2. The number of hydrogen-bond acceptors (Lipinski definition) is 5. The molecule has 3 aromatic rings. The molecule has 168 valence electrons. The van der Waals surface area contributed by atoms with E-state index < -0.39 is 17.9 Å². The monoisotopic (exact) mass is 436 g/mol. The zero-order chi connectivity index (χ0) is 23.1. The first-order valence-electron chi connectivity index (χ1n) is 10.3. The number of fused-ring (bicyclic) bond motifs is 1. The standard InChI is InChI=1S/C22H28N8O2/c23-17-13-30(12-10-15-7-3-6-14-5-1-2-8-16(14)15)29-19(17)21(32)28-18(20(24)31)9-4-11-27-22(25)26/h1-3,5-8,13,18H,4,9-12,23H2,(H2,24,31)(H,28,32)(H4,25,26,27)/t18-/m0/s1. The molecule has 2 amide bonds. The minimum atomic E-state index is -0.878. The van der Waals surface area contributed by atoms with Crippen LogP contribution in [0.3, 0.4) is 0 Å².